The van der Waals surface area contributed by atoms with Gasteiger partial charge in [0.2, 0.25) is 0 Å². The Morgan fingerprint density at radius 2 is 1.08 bits per heavy atom. The molecule has 5 N–H and O–H groups in total. The molecule has 0 aromatic carbocycles. The van der Waals surface area contributed by atoms with Crippen LogP contribution in [0.2, 0.25) is 0 Å². The molecule has 0 aliphatic heterocycles. The highest BCUT2D eigenvalue weighted by Gasteiger charge is 2.22. The SMILES string of the molecule is Cl.NC(CCO)(CCO)CCO. The highest BCUT2D eigenvalue weighted by atomic mass is 35.5. The molecule has 0 spiro atoms. The van der Waals surface area contributed by atoms with E-state index in [1.165, 1.54) is 0 Å². The number of hydrogen-bond acceptors (Lipinski definition) is 4. The van der Waals surface area contributed by atoms with Crippen LogP contribution in [0.5, 0.6) is 0 Å². The maximum absolute atomic E-state index is 8.61. The van der Waals surface area contributed by atoms with E-state index in [4.69, 9.17) is 21.1 Å². The van der Waals surface area contributed by atoms with E-state index in [0.717, 1.165) is 0 Å². The van der Waals surface area contributed by atoms with Crippen LogP contribution in [-0.4, -0.2) is 40.7 Å². The largest absolute Gasteiger partial charge is 0.396 e. The lowest BCUT2D eigenvalue weighted by molar-refractivity contribution is 0.160. The standard InChI is InChI=1S/C7H17NO3.ClH/c8-7(1-4-9,2-5-10)3-6-11;/h9-11H,1-6,8H2;1H. The molecule has 0 aromatic heterocycles. The third-order valence-electron chi connectivity index (χ3n) is 1.83. The fraction of sp³-hybridized carbons (Fsp3) is 1.00. The van der Waals surface area contributed by atoms with Crippen LogP contribution in [0.1, 0.15) is 19.3 Å². The molecule has 4 nitrogen and oxygen atoms in total. The van der Waals surface area contributed by atoms with Gasteiger partial charge < -0.3 is 21.1 Å². The van der Waals surface area contributed by atoms with Crippen molar-refractivity contribution in [1.82, 2.24) is 0 Å². The predicted octanol–water partition coefficient (Wildman–Crippen LogP) is -0.747. The summed E-state index contributed by atoms with van der Waals surface area (Å²) in [6.07, 6.45) is 1.27. The maximum Gasteiger partial charge on any atom is 0.0448 e. The summed E-state index contributed by atoms with van der Waals surface area (Å²) in [6, 6.07) is 0. The van der Waals surface area contributed by atoms with Gasteiger partial charge >= 0.3 is 0 Å². The third kappa shape index (κ3) is 5.74. The van der Waals surface area contributed by atoms with Crippen molar-refractivity contribution in [2.45, 2.75) is 24.8 Å². The van der Waals surface area contributed by atoms with Crippen LogP contribution < -0.4 is 5.73 Å². The molecule has 76 valence electrons. The normalized spacial score (nSPS) is 11.0. The van der Waals surface area contributed by atoms with Crippen LogP contribution in [0.4, 0.5) is 0 Å². The number of hydrogen-bond donors (Lipinski definition) is 4. The van der Waals surface area contributed by atoms with E-state index in [1.807, 2.05) is 0 Å². The second-order valence-electron chi connectivity index (χ2n) is 2.78. The van der Waals surface area contributed by atoms with Gasteiger partial charge in [-0.2, -0.15) is 0 Å². The third-order valence-corrected chi connectivity index (χ3v) is 1.83. The Morgan fingerprint density at radius 1 is 0.833 bits per heavy atom. The quantitative estimate of drug-likeness (QED) is 0.454. The van der Waals surface area contributed by atoms with Crippen molar-refractivity contribution in [3.63, 3.8) is 0 Å². The summed E-state index contributed by atoms with van der Waals surface area (Å²) in [7, 11) is 0. The summed E-state index contributed by atoms with van der Waals surface area (Å²) >= 11 is 0. The molecule has 0 atom stereocenters. The van der Waals surface area contributed by atoms with E-state index in [1.54, 1.807) is 0 Å². The summed E-state index contributed by atoms with van der Waals surface area (Å²) in [5.74, 6) is 0. The van der Waals surface area contributed by atoms with Gasteiger partial charge in [-0.1, -0.05) is 0 Å². The summed E-state index contributed by atoms with van der Waals surface area (Å²) in [5.41, 5.74) is 5.15. The molecule has 0 aromatic rings. The first-order valence-corrected chi connectivity index (χ1v) is 3.80. The van der Waals surface area contributed by atoms with Crippen molar-refractivity contribution >= 4 is 12.4 Å². The van der Waals surface area contributed by atoms with Gasteiger partial charge in [0.05, 0.1) is 0 Å². The van der Waals surface area contributed by atoms with E-state index in [-0.39, 0.29) is 32.2 Å². The number of halogens is 1. The molecule has 0 aliphatic carbocycles. The van der Waals surface area contributed by atoms with Crippen LogP contribution in [-0.2, 0) is 0 Å². The molecule has 0 saturated carbocycles. The molecule has 0 fully saturated rings. The first-order chi connectivity index (χ1) is 5.18. The Balaban J connectivity index is 0. The smallest absolute Gasteiger partial charge is 0.0448 e. The molecular weight excluding hydrogens is 182 g/mol. The minimum absolute atomic E-state index is 0. The van der Waals surface area contributed by atoms with Gasteiger partial charge in [0.25, 0.3) is 0 Å². The first kappa shape index (κ1) is 14.6. The van der Waals surface area contributed by atoms with Gasteiger partial charge in [-0.25, -0.2) is 0 Å². The van der Waals surface area contributed by atoms with Gasteiger partial charge in [-0.15, -0.1) is 12.4 Å². The zero-order chi connectivity index (χ0) is 8.74. The fourth-order valence-electron chi connectivity index (χ4n) is 1.04. The van der Waals surface area contributed by atoms with Crippen LogP contribution in [0.25, 0.3) is 0 Å². The molecule has 0 unspecified atom stereocenters. The summed E-state index contributed by atoms with van der Waals surface area (Å²) in [5, 5.41) is 25.8. The van der Waals surface area contributed by atoms with Gasteiger partial charge in [-0.3, -0.25) is 0 Å². The second kappa shape index (κ2) is 7.76. The number of aliphatic hydroxyl groups is 3. The van der Waals surface area contributed by atoms with Crippen molar-refractivity contribution in [3.8, 4) is 0 Å². The zero-order valence-corrected chi connectivity index (χ0v) is 7.89. The van der Waals surface area contributed by atoms with E-state index >= 15 is 0 Å². The minimum atomic E-state index is -0.599. The van der Waals surface area contributed by atoms with Gasteiger partial charge in [0.15, 0.2) is 0 Å². The van der Waals surface area contributed by atoms with Gasteiger partial charge in [0.1, 0.15) is 0 Å². The Hall–Kier alpha value is 0.130. The summed E-state index contributed by atoms with van der Waals surface area (Å²) in [4.78, 5) is 0. The maximum atomic E-state index is 8.61. The molecule has 5 heteroatoms. The Morgan fingerprint density at radius 3 is 1.25 bits per heavy atom. The second-order valence-corrected chi connectivity index (χ2v) is 2.78. The minimum Gasteiger partial charge on any atom is -0.396 e. The van der Waals surface area contributed by atoms with E-state index in [0.29, 0.717) is 19.3 Å². The molecule has 0 rings (SSSR count). The van der Waals surface area contributed by atoms with Crippen molar-refractivity contribution in [2.24, 2.45) is 5.73 Å². The average molecular weight is 200 g/mol. The van der Waals surface area contributed by atoms with Crippen LogP contribution in [0.3, 0.4) is 0 Å². The van der Waals surface area contributed by atoms with Crippen molar-refractivity contribution < 1.29 is 15.3 Å². The van der Waals surface area contributed by atoms with Crippen LogP contribution >= 0.6 is 12.4 Å². The molecule has 12 heavy (non-hydrogen) atoms. The van der Waals surface area contributed by atoms with Gasteiger partial charge in [0, 0.05) is 25.4 Å². The highest BCUT2D eigenvalue weighted by Crippen LogP contribution is 2.15. The Kier molecular flexibility index (Phi) is 9.47. The van der Waals surface area contributed by atoms with Gasteiger partial charge in [-0.05, 0) is 19.3 Å². The number of aliphatic hydroxyl groups excluding tert-OH is 3. The summed E-state index contributed by atoms with van der Waals surface area (Å²) < 4.78 is 0. The van der Waals surface area contributed by atoms with Crippen molar-refractivity contribution in [3.05, 3.63) is 0 Å². The molecule has 0 saturated heterocycles. The number of nitrogens with two attached hydrogens (primary N) is 1. The first-order valence-electron chi connectivity index (χ1n) is 3.80. The van der Waals surface area contributed by atoms with Crippen LogP contribution in [0.15, 0.2) is 0 Å². The predicted molar refractivity (Wildman–Crippen MR) is 49.3 cm³/mol. The lowest BCUT2D eigenvalue weighted by atomic mass is 9.90. The molecular formula is C7H18ClNO3. The lowest BCUT2D eigenvalue weighted by Gasteiger charge is -2.26. The molecule has 0 radical (unpaired) electrons. The molecule has 0 heterocycles. The average Bonchev–Trinajstić information content (AvgIpc) is 1.88. The highest BCUT2D eigenvalue weighted by molar-refractivity contribution is 5.85. The van der Waals surface area contributed by atoms with E-state index in [9.17, 15) is 0 Å². The van der Waals surface area contributed by atoms with E-state index in [2.05, 4.69) is 0 Å². The Labute approximate surface area is 78.8 Å². The molecule has 0 amide bonds. The zero-order valence-electron chi connectivity index (χ0n) is 7.07. The van der Waals surface area contributed by atoms with Crippen molar-refractivity contribution in [2.75, 3.05) is 19.8 Å². The van der Waals surface area contributed by atoms with Crippen molar-refractivity contribution in [1.29, 1.82) is 0 Å². The van der Waals surface area contributed by atoms with E-state index < -0.39 is 5.54 Å². The summed E-state index contributed by atoms with van der Waals surface area (Å²) in [6.45, 7) is -0.0104. The Bertz CT molecular complexity index is 85.6. The lowest BCUT2D eigenvalue weighted by Crippen LogP contribution is -2.42. The topological polar surface area (TPSA) is 86.7 Å². The molecule has 0 aliphatic rings. The number of rotatable bonds is 6. The van der Waals surface area contributed by atoms with Crippen LogP contribution in [0, 0.1) is 0 Å². The fourth-order valence-corrected chi connectivity index (χ4v) is 1.04. The monoisotopic (exact) mass is 199 g/mol. The molecule has 0 bridgehead atoms.